The first-order chi connectivity index (χ1) is 7.49. The van der Waals surface area contributed by atoms with Crippen LogP contribution >= 0.6 is 33.9 Å². The zero-order chi connectivity index (χ0) is 12.1. The number of halogens is 1. The van der Waals surface area contributed by atoms with E-state index < -0.39 is 0 Å². The maximum atomic E-state index is 4.45. The molecule has 0 aliphatic heterocycles. The molecular weight excluding hydrogens is 329 g/mol. The lowest BCUT2D eigenvalue weighted by atomic mass is 9.98. The number of nitrogens with zero attached hydrogens (tertiary/aromatic N) is 1. The van der Waals surface area contributed by atoms with Crippen LogP contribution in [-0.2, 0) is 0 Å². The van der Waals surface area contributed by atoms with Gasteiger partial charge in [0.2, 0.25) is 0 Å². The maximum Gasteiger partial charge on any atom is 0.0901 e. The second kappa shape index (κ2) is 6.55. The Kier molecular flexibility index (Phi) is 5.69. The van der Waals surface area contributed by atoms with Crippen molar-refractivity contribution in [2.75, 3.05) is 0 Å². The van der Waals surface area contributed by atoms with Gasteiger partial charge in [-0.2, -0.15) is 0 Å². The van der Waals surface area contributed by atoms with Gasteiger partial charge in [-0.15, -0.1) is 11.3 Å². The number of aryl methyl sites for hydroxylation is 1. The monoisotopic (exact) mass is 347 g/mol. The van der Waals surface area contributed by atoms with Gasteiger partial charge in [-0.3, -0.25) is 0 Å². The van der Waals surface area contributed by atoms with E-state index in [1.165, 1.54) is 9.15 Å². The molecule has 0 amide bonds. The predicted molar refractivity (Wildman–Crippen MR) is 82.1 cm³/mol. The first-order valence-electron chi connectivity index (χ1n) is 5.41. The van der Waals surface area contributed by atoms with E-state index in [1.807, 2.05) is 6.92 Å². The quantitative estimate of drug-likeness (QED) is 0.681. The van der Waals surface area contributed by atoms with E-state index in [4.69, 9.17) is 0 Å². The molecule has 1 nitrogen and oxygen atoms in total. The molecule has 0 aliphatic carbocycles. The third-order valence-corrected chi connectivity index (χ3v) is 3.77. The molecule has 1 rings (SSSR count). The van der Waals surface area contributed by atoms with E-state index in [-0.39, 0.29) is 0 Å². The number of allylic oxidation sites excluding steroid dienone is 3. The van der Waals surface area contributed by atoms with Gasteiger partial charge < -0.3 is 0 Å². The number of hydrogen-bond acceptors (Lipinski definition) is 2. The highest BCUT2D eigenvalue weighted by atomic mass is 127. The molecule has 1 aromatic rings. The minimum Gasteiger partial charge on any atom is -0.242 e. The fourth-order valence-electron chi connectivity index (χ4n) is 1.35. The van der Waals surface area contributed by atoms with Crippen LogP contribution < -0.4 is 0 Å². The molecule has 0 fully saturated rings. The van der Waals surface area contributed by atoms with Crippen molar-refractivity contribution in [2.24, 2.45) is 5.92 Å². The number of aromatic nitrogens is 1. The lowest BCUT2D eigenvalue weighted by Gasteiger charge is -2.09. The summed E-state index contributed by atoms with van der Waals surface area (Å²) in [5, 5.41) is 3.25. The van der Waals surface area contributed by atoms with Crippen LogP contribution in [0.15, 0.2) is 20.6 Å². The molecule has 1 atom stereocenters. The Labute approximate surface area is 116 Å². The third kappa shape index (κ3) is 4.78. The van der Waals surface area contributed by atoms with Crippen LogP contribution in [0.5, 0.6) is 0 Å². The standard InChI is InChI=1S/C13H18INS/c1-9(5-6-11(3)14)10(2)7-13-8-16-12(4)15-13/h6-9H,5H2,1-4H3/b10-7+,11-6-/t9-/m0/s1. The van der Waals surface area contributed by atoms with Gasteiger partial charge in [0, 0.05) is 5.38 Å². The molecule has 0 radical (unpaired) electrons. The van der Waals surface area contributed by atoms with Crippen molar-refractivity contribution in [3.05, 3.63) is 31.3 Å². The number of rotatable bonds is 4. The largest absolute Gasteiger partial charge is 0.242 e. The maximum absolute atomic E-state index is 4.45. The van der Waals surface area contributed by atoms with Crippen LogP contribution in [0.4, 0.5) is 0 Å². The average molecular weight is 347 g/mol. The highest BCUT2D eigenvalue weighted by Crippen LogP contribution is 2.20. The highest BCUT2D eigenvalue weighted by Gasteiger charge is 2.03. The Morgan fingerprint density at radius 3 is 2.75 bits per heavy atom. The highest BCUT2D eigenvalue weighted by molar-refractivity contribution is 14.1. The van der Waals surface area contributed by atoms with Crippen LogP contribution in [0.3, 0.4) is 0 Å². The van der Waals surface area contributed by atoms with E-state index in [0.717, 1.165) is 17.1 Å². The number of hydrogen-bond donors (Lipinski definition) is 0. The van der Waals surface area contributed by atoms with Crippen LogP contribution in [0, 0.1) is 12.8 Å². The van der Waals surface area contributed by atoms with Crippen molar-refractivity contribution in [1.82, 2.24) is 4.98 Å². The molecule has 0 saturated carbocycles. The van der Waals surface area contributed by atoms with Crippen molar-refractivity contribution in [1.29, 1.82) is 0 Å². The van der Waals surface area contributed by atoms with Gasteiger partial charge in [0.25, 0.3) is 0 Å². The van der Waals surface area contributed by atoms with Gasteiger partial charge in [0.05, 0.1) is 10.7 Å². The molecule has 3 heteroatoms. The molecule has 0 unspecified atom stereocenters. The van der Waals surface area contributed by atoms with Gasteiger partial charge in [0.15, 0.2) is 0 Å². The van der Waals surface area contributed by atoms with Gasteiger partial charge in [0.1, 0.15) is 0 Å². The summed E-state index contributed by atoms with van der Waals surface area (Å²) in [4.78, 5) is 4.45. The summed E-state index contributed by atoms with van der Waals surface area (Å²) in [7, 11) is 0. The number of thiazole rings is 1. The molecule has 0 N–H and O–H groups in total. The van der Waals surface area contributed by atoms with Crippen molar-refractivity contribution in [3.63, 3.8) is 0 Å². The smallest absolute Gasteiger partial charge is 0.0901 e. The Balaban J connectivity index is 2.66. The summed E-state index contributed by atoms with van der Waals surface area (Å²) in [6, 6.07) is 0. The molecule has 0 spiro atoms. The van der Waals surface area contributed by atoms with Crippen molar-refractivity contribution in [3.8, 4) is 0 Å². The fraction of sp³-hybridized carbons (Fsp3) is 0.462. The zero-order valence-corrected chi connectivity index (χ0v) is 13.2. The van der Waals surface area contributed by atoms with E-state index >= 15 is 0 Å². The SMILES string of the molecule is C/C(I)=C/C[C@H](C)/C(C)=C/c1csc(C)n1. The zero-order valence-electron chi connectivity index (χ0n) is 10.2. The van der Waals surface area contributed by atoms with Gasteiger partial charge in [-0.25, -0.2) is 4.98 Å². The third-order valence-electron chi connectivity index (χ3n) is 2.54. The Bertz CT molecular complexity index is 400. The summed E-state index contributed by atoms with van der Waals surface area (Å²) >= 11 is 4.06. The Morgan fingerprint density at radius 2 is 2.25 bits per heavy atom. The topological polar surface area (TPSA) is 12.9 Å². The van der Waals surface area contributed by atoms with Gasteiger partial charge >= 0.3 is 0 Å². The lowest BCUT2D eigenvalue weighted by Crippen LogP contribution is -1.94. The second-order valence-electron chi connectivity index (χ2n) is 4.11. The molecule has 0 bridgehead atoms. The van der Waals surface area contributed by atoms with Gasteiger partial charge in [-0.05, 0) is 65.4 Å². The molecule has 1 heterocycles. The molecule has 16 heavy (non-hydrogen) atoms. The second-order valence-corrected chi connectivity index (χ2v) is 6.87. The minimum atomic E-state index is 0.590. The van der Waals surface area contributed by atoms with Crippen LogP contribution in [0.1, 0.15) is 37.9 Å². The normalized spacial score (nSPS) is 15.3. The van der Waals surface area contributed by atoms with Crippen LogP contribution in [0.25, 0.3) is 6.08 Å². The van der Waals surface area contributed by atoms with Crippen molar-refractivity contribution in [2.45, 2.75) is 34.1 Å². The van der Waals surface area contributed by atoms with Crippen LogP contribution in [-0.4, -0.2) is 4.98 Å². The molecule has 88 valence electrons. The van der Waals surface area contributed by atoms with E-state index in [0.29, 0.717) is 5.92 Å². The van der Waals surface area contributed by atoms with Gasteiger partial charge in [-0.1, -0.05) is 18.6 Å². The fourth-order valence-corrected chi connectivity index (χ4v) is 2.17. The first kappa shape index (κ1) is 13.9. The minimum absolute atomic E-state index is 0.590. The van der Waals surface area contributed by atoms with Crippen molar-refractivity contribution < 1.29 is 0 Å². The Morgan fingerprint density at radius 1 is 1.56 bits per heavy atom. The van der Waals surface area contributed by atoms with Crippen molar-refractivity contribution >= 4 is 40.0 Å². The molecule has 1 aromatic heterocycles. The lowest BCUT2D eigenvalue weighted by molar-refractivity contribution is 0.699. The summed E-state index contributed by atoms with van der Waals surface area (Å²) in [6.07, 6.45) is 5.60. The molecule has 0 aliphatic rings. The predicted octanol–water partition coefficient (Wildman–Crippen LogP) is 5.22. The summed E-state index contributed by atoms with van der Waals surface area (Å²) in [5.74, 6) is 0.590. The first-order valence-corrected chi connectivity index (χ1v) is 7.37. The summed E-state index contributed by atoms with van der Waals surface area (Å²) < 4.78 is 1.36. The van der Waals surface area contributed by atoms with E-state index in [1.54, 1.807) is 11.3 Å². The molecule has 0 aromatic carbocycles. The Hall–Kier alpha value is -0.160. The molecular formula is C13H18INS. The summed E-state index contributed by atoms with van der Waals surface area (Å²) in [5.41, 5.74) is 2.50. The summed E-state index contributed by atoms with van der Waals surface area (Å²) in [6.45, 7) is 8.63. The van der Waals surface area contributed by atoms with E-state index in [2.05, 4.69) is 65.9 Å². The molecule has 0 saturated heterocycles. The average Bonchev–Trinajstić information content (AvgIpc) is 2.60. The van der Waals surface area contributed by atoms with Crippen LogP contribution in [0.2, 0.25) is 0 Å². The van der Waals surface area contributed by atoms with E-state index in [9.17, 15) is 0 Å².